The van der Waals surface area contributed by atoms with Gasteiger partial charge in [0.15, 0.2) is 0 Å². The SMILES string of the molecule is CCCN(Cc1nnc(-c2ccccc2Cl)o1)C(=O)COCCOc1ccccc1. The molecule has 0 fully saturated rings. The van der Waals surface area contributed by atoms with Crippen LogP contribution >= 0.6 is 11.6 Å². The maximum Gasteiger partial charge on any atom is 0.249 e. The zero-order chi connectivity index (χ0) is 21.2. The minimum absolute atomic E-state index is 0.0380. The fourth-order valence-corrected chi connectivity index (χ4v) is 2.99. The van der Waals surface area contributed by atoms with E-state index in [1.54, 1.807) is 17.0 Å². The Morgan fingerprint density at radius 1 is 1.07 bits per heavy atom. The zero-order valence-corrected chi connectivity index (χ0v) is 17.5. The molecule has 0 saturated carbocycles. The van der Waals surface area contributed by atoms with E-state index in [0.717, 1.165) is 12.2 Å². The van der Waals surface area contributed by atoms with Gasteiger partial charge in [0.25, 0.3) is 0 Å². The lowest BCUT2D eigenvalue weighted by Gasteiger charge is -2.20. The van der Waals surface area contributed by atoms with Crippen LogP contribution in [0, 0.1) is 0 Å². The molecule has 0 spiro atoms. The largest absolute Gasteiger partial charge is 0.491 e. The third-order valence-electron chi connectivity index (χ3n) is 4.21. The summed E-state index contributed by atoms with van der Waals surface area (Å²) in [5.74, 6) is 1.30. The van der Waals surface area contributed by atoms with Crippen molar-refractivity contribution in [1.82, 2.24) is 15.1 Å². The van der Waals surface area contributed by atoms with Crippen LogP contribution in [-0.4, -0.2) is 47.4 Å². The van der Waals surface area contributed by atoms with Gasteiger partial charge >= 0.3 is 0 Å². The highest BCUT2D eigenvalue weighted by Gasteiger charge is 2.18. The quantitative estimate of drug-likeness (QED) is 0.424. The number of hydrogen-bond acceptors (Lipinski definition) is 6. The maximum atomic E-state index is 12.6. The second-order valence-electron chi connectivity index (χ2n) is 6.51. The molecular formula is C22H24ClN3O4. The molecule has 0 N–H and O–H groups in total. The normalized spacial score (nSPS) is 10.7. The number of amides is 1. The maximum absolute atomic E-state index is 12.6. The van der Waals surface area contributed by atoms with Gasteiger partial charge < -0.3 is 18.8 Å². The summed E-state index contributed by atoms with van der Waals surface area (Å²) in [5, 5.41) is 8.63. The Bertz CT molecular complexity index is 933. The Morgan fingerprint density at radius 2 is 1.83 bits per heavy atom. The average molecular weight is 430 g/mol. The van der Waals surface area contributed by atoms with Gasteiger partial charge in [-0.05, 0) is 30.7 Å². The van der Waals surface area contributed by atoms with Crippen molar-refractivity contribution in [3.05, 3.63) is 65.5 Å². The van der Waals surface area contributed by atoms with Gasteiger partial charge in [-0.25, -0.2) is 0 Å². The van der Waals surface area contributed by atoms with Gasteiger partial charge in [0.1, 0.15) is 19.0 Å². The van der Waals surface area contributed by atoms with Crippen molar-refractivity contribution in [3.8, 4) is 17.2 Å². The Labute approximate surface area is 180 Å². The summed E-state index contributed by atoms with van der Waals surface area (Å²) >= 11 is 6.18. The molecule has 0 aliphatic heterocycles. The van der Waals surface area contributed by atoms with Gasteiger partial charge in [0.05, 0.1) is 23.7 Å². The van der Waals surface area contributed by atoms with Crippen LogP contribution in [0.25, 0.3) is 11.5 Å². The van der Waals surface area contributed by atoms with E-state index in [1.165, 1.54) is 0 Å². The number of ether oxygens (including phenoxy) is 2. The number of benzene rings is 2. The molecule has 8 heteroatoms. The number of halogens is 1. The minimum atomic E-state index is -0.144. The molecule has 0 saturated heterocycles. The monoisotopic (exact) mass is 429 g/mol. The Kier molecular flexibility index (Phi) is 8.23. The summed E-state index contributed by atoms with van der Waals surface area (Å²) in [5.41, 5.74) is 0.660. The van der Waals surface area contributed by atoms with Crippen molar-refractivity contribution in [2.24, 2.45) is 0 Å². The number of aromatic nitrogens is 2. The first-order valence-electron chi connectivity index (χ1n) is 9.78. The summed E-state index contributed by atoms with van der Waals surface area (Å²) < 4.78 is 16.7. The van der Waals surface area contributed by atoms with Crippen LogP contribution < -0.4 is 4.74 Å². The molecule has 0 atom stereocenters. The molecule has 3 aromatic rings. The molecular weight excluding hydrogens is 406 g/mol. The molecule has 0 radical (unpaired) electrons. The molecule has 0 aliphatic rings. The van der Waals surface area contributed by atoms with Crippen LogP contribution in [0.4, 0.5) is 0 Å². The van der Waals surface area contributed by atoms with Crippen LogP contribution in [0.5, 0.6) is 5.75 Å². The molecule has 1 heterocycles. The molecule has 1 amide bonds. The Balaban J connectivity index is 1.49. The summed E-state index contributed by atoms with van der Waals surface area (Å²) in [4.78, 5) is 14.2. The number of hydrogen-bond donors (Lipinski definition) is 0. The second-order valence-corrected chi connectivity index (χ2v) is 6.92. The highest BCUT2D eigenvalue weighted by atomic mass is 35.5. The standard InChI is InChI=1S/C22H24ClN3O4/c1-2-12-26(21(27)16-28-13-14-29-17-8-4-3-5-9-17)15-20-24-25-22(30-20)18-10-6-7-11-19(18)23/h3-11H,2,12-16H2,1H3. The van der Waals surface area contributed by atoms with Crippen molar-refractivity contribution in [2.45, 2.75) is 19.9 Å². The molecule has 0 bridgehead atoms. The predicted octanol–water partition coefficient (Wildman–Crippen LogP) is 4.22. The number of carbonyl (C=O) groups excluding carboxylic acids is 1. The van der Waals surface area contributed by atoms with Crippen LogP contribution in [0.1, 0.15) is 19.2 Å². The lowest BCUT2D eigenvalue weighted by atomic mass is 10.2. The highest BCUT2D eigenvalue weighted by Crippen LogP contribution is 2.26. The van der Waals surface area contributed by atoms with Crippen LogP contribution in [0.15, 0.2) is 59.0 Å². The molecule has 158 valence electrons. The fourth-order valence-electron chi connectivity index (χ4n) is 2.77. The first-order valence-corrected chi connectivity index (χ1v) is 10.2. The fraction of sp³-hybridized carbons (Fsp3) is 0.318. The first kappa shape index (κ1) is 21.8. The zero-order valence-electron chi connectivity index (χ0n) is 16.8. The van der Waals surface area contributed by atoms with E-state index in [1.807, 2.05) is 49.4 Å². The van der Waals surface area contributed by atoms with E-state index >= 15 is 0 Å². The summed E-state index contributed by atoms with van der Waals surface area (Å²) in [7, 11) is 0. The van der Waals surface area contributed by atoms with Crippen molar-refractivity contribution in [3.63, 3.8) is 0 Å². The van der Waals surface area contributed by atoms with Crippen LogP contribution in [-0.2, 0) is 16.1 Å². The van der Waals surface area contributed by atoms with Crippen molar-refractivity contribution < 1.29 is 18.7 Å². The van der Waals surface area contributed by atoms with E-state index in [-0.39, 0.29) is 19.1 Å². The van der Waals surface area contributed by atoms with Gasteiger partial charge in [0.2, 0.25) is 17.7 Å². The first-order chi connectivity index (χ1) is 14.7. The molecule has 3 rings (SSSR count). The molecule has 30 heavy (non-hydrogen) atoms. The minimum Gasteiger partial charge on any atom is -0.491 e. The third-order valence-corrected chi connectivity index (χ3v) is 4.54. The van der Waals surface area contributed by atoms with E-state index in [4.69, 9.17) is 25.5 Å². The molecule has 0 unspecified atom stereocenters. The molecule has 2 aromatic carbocycles. The van der Waals surface area contributed by atoms with Gasteiger partial charge in [-0.2, -0.15) is 0 Å². The van der Waals surface area contributed by atoms with Crippen molar-refractivity contribution >= 4 is 17.5 Å². The lowest BCUT2D eigenvalue weighted by molar-refractivity contribution is -0.137. The van der Waals surface area contributed by atoms with Crippen LogP contribution in [0.2, 0.25) is 5.02 Å². The van der Waals surface area contributed by atoms with Crippen molar-refractivity contribution in [2.75, 3.05) is 26.4 Å². The van der Waals surface area contributed by atoms with Gasteiger partial charge in [0, 0.05) is 6.54 Å². The Morgan fingerprint density at radius 3 is 2.60 bits per heavy atom. The van der Waals surface area contributed by atoms with Gasteiger partial charge in [-0.1, -0.05) is 48.9 Å². The number of nitrogens with zero attached hydrogens (tertiary/aromatic N) is 3. The number of para-hydroxylation sites is 1. The predicted molar refractivity (Wildman–Crippen MR) is 113 cm³/mol. The van der Waals surface area contributed by atoms with Crippen LogP contribution in [0.3, 0.4) is 0 Å². The second kappa shape index (κ2) is 11.3. The number of carbonyl (C=O) groups is 1. The van der Waals surface area contributed by atoms with E-state index < -0.39 is 0 Å². The summed E-state index contributed by atoms with van der Waals surface area (Å²) in [6, 6.07) is 16.7. The summed E-state index contributed by atoms with van der Waals surface area (Å²) in [6.07, 6.45) is 0.800. The summed E-state index contributed by atoms with van der Waals surface area (Å²) in [6.45, 7) is 3.43. The number of rotatable bonds is 11. The van der Waals surface area contributed by atoms with E-state index in [0.29, 0.717) is 42.1 Å². The topological polar surface area (TPSA) is 77.7 Å². The smallest absolute Gasteiger partial charge is 0.249 e. The Hall–Kier alpha value is -2.90. The molecule has 1 aromatic heterocycles. The average Bonchev–Trinajstić information content (AvgIpc) is 3.22. The van der Waals surface area contributed by atoms with Gasteiger partial charge in [-0.15, -0.1) is 10.2 Å². The third kappa shape index (κ3) is 6.30. The molecule has 7 nitrogen and oxygen atoms in total. The highest BCUT2D eigenvalue weighted by molar-refractivity contribution is 6.33. The van der Waals surface area contributed by atoms with E-state index in [2.05, 4.69) is 10.2 Å². The lowest BCUT2D eigenvalue weighted by Crippen LogP contribution is -2.34. The molecule has 0 aliphatic carbocycles. The van der Waals surface area contributed by atoms with E-state index in [9.17, 15) is 4.79 Å². The van der Waals surface area contributed by atoms with Crippen molar-refractivity contribution in [1.29, 1.82) is 0 Å². The van der Waals surface area contributed by atoms with Gasteiger partial charge in [-0.3, -0.25) is 4.79 Å².